The van der Waals surface area contributed by atoms with Crippen LogP contribution in [0.2, 0.25) is 0 Å². The molecule has 0 aliphatic carbocycles. The molecule has 2 N–H and O–H groups in total. The van der Waals surface area contributed by atoms with Crippen LogP contribution in [0.25, 0.3) is 0 Å². The van der Waals surface area contributed by atoms with Gasteiger partial charge in [-0.05, 0) is 37.5 Å². The SMILES string of the molecule is Cc1ccc(CC(=O)NC[C@H](C)O)cc1C. The van der Waals surface area contributed by atoms with E-state index >= 15 is 0 Å². The van der Waals surface area contributed by atoms with Gasteiger partial charge in [0.25, 0.3) is 0 Å². The predicted octanol–water partition coefficient (Wildman–Crippen LogP) is 1.34. The van der Waals surface area contributed by atoms with Crippen molar-refractivity contribution in [1.29, 1.82) is 0 Å². The van der Waals surface area contributed by atoms with Crippen molar-refractivity contribution in [3.63, 3.8) is 0 Å². The third kappa shape index (κ3) is 4.03. The van der Waals surface area contributed by atoms with E-state index in [1.807, 2.05) is 32.0 Å². The van der Waals surface area contributed by atoms with Crippen LogP contribution in [0.3, 0.4) is 0 Å². The summed E-state index contributed by atoms with van der Waals surface area (Å²) in [5.41, 5.74) is 3.43. The van der Waals surface area contributed by atoms with E-state index in [9.17, 15) is 4.79 Å². The second-order valence-corrected chi connectivity index (χ2v) is 4.25. The zero-order valence-corrected chi connectivity index (χ0v) is 10.1. The normalized spacial score (nSPS) is 12.2. The summed E-state index contributed by atoms with van der Waals surface area (Å²) >= 11 is 0. The molecule has 1 aromatic carbocycles. The van der Waals surface area contributed by atoms with Gasteiger partial charge in [0.15, 0.2) is 0 Å². The van der Waals surface area contributed by atoms with Gasteiger partial charge >= 0.3 is 0 Å². The number of carbonyl (C=O) groups excluding carboxylic acids is 1. The molecule has 0 aliphatic heterocycles. The minimum Gasteiger partial charge on any atom is -0.392 e. The molecule has 0 unspecified atom stereocenters. The monoisotopic (exact) mass is 221 g/mol. The zero-order valence-electron chi connectivity index (χ0n) is 10.1. The van der Waals surface area contributed by atoms with Gasteiger partial charge in [-0.15, -0.1) is 0 Å². The Balaban J connectivity index is 2.53. The van der Waals surface area contributed by atoms with Crippen molar-refractivity contribution in [1.82, 2.24) is 5.32 Å². The summed E-state index contributed by atoms with van der Waals surface area (Å²) < 4.78 is 0. The Bertz CT molecular complexity index is 372. The molecule has 88 valence electrons. The maximum atomic E-state index is 11.5. The maximum absolute atomic E-state index is 11.5. The van der Waals surface area contributed by atoms with Gasteiger partial charge in [0.05, 0.1) is 12.5 Å². The molecular weight excluding hydrogens is 202 g/mol. The third-order valence-electron chi connectivity index (χ3n) is 2.53. The molecule has 1 atom stereocenters. The van der Waals surface area contributed by atoms with Crippen molar-refractivity contribution >= 4 is 5.91 Å². The number of rotatable bonds is 4. The van der Waals surface area contributed by atoms with E-state index in [1.165, 1.54) is 11.1 Å². The van der Waals surface area contributed by atoms with Crippen LogP contribution in [0.1, 0.15) is 23.6 Å². The summed E-state index contributed by atoms with van der Waals surface area (Å²) in [5, 5.41) is 11.7. The van der Waals surface area contributed by atoms with Gasteiger partial charge in [-0.3, -0.25) is 4.79 Å². The highest BCUT2D eigenvalue weighted by atomic mass is 16.3. The largest absolute Gasteiger partial charge is 0.392 e. The first-order valence-electron chi connectivity index (χ1n) is 5.50. The highest BCUT2D eigenvalue weighted by molar-refractivity contribution is 5.78. The highest BCUT2D eigenvalue weighted by Crippen LogP contribution is 2.10. The topological polar surface area (TPSA) is 49.3 Å². The first-order chi connectivity index (χ1) is 7.49. The summed E-state index contributed by atoms with van der Waals surface area (Å²) in [6.45, 7) is 6.04. The van der Waals surface area contributed by atoms with E-state index in [0.29, 0.717) is 13.0 Å². The van der Waals surface area contributed by atoms with Crippen molar-refractivity contribution in [2.45, 2.75) is 33.3 Å². The van der Waals surface area contributed by atoms with Crippen molar-refractivity contribution in [3.8, 4) is 0 Å². The van der Waals surface area contributed by atoms with Crippen LogP contribution in [-0.4, -0.2) is 23.7 Å². The number of aliphatic hydroxyl groups excluding tert-OH is 1. The van der Waals surface area contributed by atoms with Crippen molar-refractivity contribution in [3.05, 3.63) is 34.9 Å². The lowest BCUT2D eigenvalue weighted by molar-refractivity contribution is -0.120. The smallest absolute Gasteiger partial charge is 0.224 e. The van der Waals surface area contributed by atoms with Crippen molar-refractivity contribution in [2.24, 2.45) is 0 Å². The van der Waals surface area contributed by atoms with Gasteiger partial charge in [-0.25, -0.2) is 0 Å². The first-order valence-corrected chi connectivity index (χ1v) is 5.50. The zero-order chi connectivity index (χ0) is 12.1. The molecule has 0 spiro atoms. The van der Waals surface area contributed by atoms with Crippen molar-refractivity contribution < 1.29 is 9.90 Å². The molecule has 1 rings (SSSR count). The third-order valence-corrected chi connectivity index (χ3v) is 2.53. The van der Waals surface area contributed by atoms with Crippen LogP contribution in [-0.2, 0) is 11.2 Å². The Morgan fingerprint density at radius 1 is 1.38 bits per heavy atom. The number of carbonyl (C=O) groups is 1. The Labute approximate surface area is 96.5 Å². The molecule has 0 fully saturated rings. The standard InChI is InChI=1S/C13H19NO2/c1-9-4-5-12(6-10(9)2)7-13(16)14-8-11(3)15/h4-6,11,15H,7-8H2,1-3H3,(H,14,16)/t11-/m0/s1. The Kier molecular flexibility index (Phi) is 4.50. The van der Waals surface area contributed by atoms with Crippen LogP contribution >= 0.6 is 0 Å². The fraction of sp³-hybridized carbons (Fsp3) is 0.462. The second kappa shape index (κ2) is 5.66. The van der Waals surface area contributed by atoms with Crippen molar-refractivity contribution in [2.75, 3.05) is 6.54 Å². The minimum absolute atomic E-state index is 0.0517. The van der Waals surface area contributed by atoms with Crippen LogP contribution in [0.5, 0.6) is 0 Å². The molecule has 1 amide bonds. The number of nitrogens with one attached hydrogen (secondary N) is 1. The lowest BCUT2D eigenvalue weighted by Gasteiger charge is -2.08. The van der Waals surface area contributed by atoms with Gasteiger partial charge in [0.2, 0.25) is 5.91 Å². The van der Waals surface area contributed by atoms with Gasteiger partial charge in [0, 0.05) is 6.54 Å². The first kappa shape index (κ1) is 12.7. The lowest BCUT2D eigenvalue weighted by atomic mass is 10.0. The van der Waals surface area contributed by atoms with E-state index in [-0.39, 0.29) is 5.91 Å². The maximum Gasteiger partial charge on any atom is 0.224 e. The number of aliphatic hydroxyl groups is 1. The molecule has 0 bridgehead atoms. The summed E-state index contributed by atoms with van der Waals surface area (Å²) in [6.07, 6.45) is -0.128. The molecule has 0 aliphatic rings. The van der Waals surface area contributed by atoms with Gasteiger partial charge in [-0.2, -0.15) is 0 Å². The quantitative estimate of drug-likeness (QED) is 0.806. The lowest BCUT2D eigenvalue weighted by Crippen LogP contribution is -2.31. The number of hydrogen-bond donors (Lipinski definition) is 2. The van der Waals surface area contributed by atoms with Gasteiger partial charge in [-0.1, -0.05) is 18.2 Å². The minimum atomic E-state index is -0.497. The molecule has 0 saturated carbocycles. The molecule has 1 aromatic rings. The van der Waals surface area contributed by atoms with Gasteiger partial charge < -0.3 is 10.4 Å². The predicted molar refractivity (Wildman–Crippen MR) is 64.3 cm³/mol. The number of aryl methyl sites for hydroxylation is 2. The molecule has 3 nitrogen and oxygen atoms in total. The van der Waals surface area contributed by atoms with E-state index in [0.717, 1.165) is 5.56 Å². The van der Waals surface area contributed by atoms with E-state index in [2.05, 4.69) is 5.32 Å². The summed E-state index contributed by atoms with van der Waals surface area (Å²) in [7, 11) is 0. The fourth-order valence-electron chi connectivity index (χ4n) is 1.42. The number of amides is 1. The van der Waals surface area contributed by atoms with Crippen LogP contribution < -0.4 is 5.32 Å². The van der Waals surface area contributed by atoms with Crippen LogP contribution in [0, 0.1) is 13.8 Å². The van der Waals surface area contributed by atoms with E-state index in [1.54, 1.807) is 6.92 Å². The van der Waals surface area contributed by atoms with E-state index < -0.39 is 6.10 Å². The fourth-order valence-corrected chi connectivity index (χ4v) is 1.42. The average Bonchev–Trinajstić information content (AvgIpc) is 2.21. The van der Waals surface area contributed by atoms with E-state index in [4.69, 9.17) is 5.11 Å². The molecule has 0 aromatic heterocycles. The summed E-state index contributed by atoms with van der Waals surface area (Å²) in [4.78, 5) is 11.5. The Hall–Kier alpha value is -1.35. The van der Waals surface area contributed by atoms with Gasteiger partial charge in [0.1, 0.15) is 0 Å². The van der Waals surface area contributed by atoms with Crippen LogP contribution in [0.4, 0.5) is 0 Å². The molecule has 16 heavy (non-hydrogen) atoms. The number of benzene rings is 1. The van der Waals surface area contributed by atoms with Crippen LogP contribution in [0.15, 0.2) is 18.2 Å². The Morgan fingerprint density at radius 3 is 2.62 bits per heavy atom. The number of hydrogen-bond acceptors (Lipinski definition) is 2. The Morgan fingerprint density at radius 2 is 2.06 bits per heavy atom. The summed E-state index contributed by atoms with van der Waals surface area (Å²) in [6, 6.07) is 6.01. The second-order valence-electron chi connectivity index (χ2n) is 4.25. The summed E-state index contributed by atoms with van der Waals surface area (Å²) in [5.74, 6) is -0.0517. The molecular formula is C13H19NO2. The molecule has 0 radical (unpaired) electrons. The highest BCUT2D eigenvalue weighted by Gasteiger charge is 2.05. The molecule has 0 saturated heterocycles. The molecule has 0 heterocycles. The molecule has 3 heteroatoms. The average molecular weight is 221 g/mol.